The van der Waals surface area contributed by atoms with Crippen molar-refractivity contribution in [1.82, 2.24) is 14.5 Å². The lowest BCUT2D eigenvalue weighted by Crippen LogP contribution is -2.37. The molecule has 0 amide bonds. The molecule has 0 unspecified atom stereocenters. The van der Waals surface area contributed by atoms with Crippen molar-refractivity contribution in [2.45, 2.75) is 50.8 Å². The first-order valence-electron chi connectivity index (χ1n) is 9.41. The molecular formula is C19H27ClN4O2S. The summed E-state index contributed by atoms with van der Waals surface area (Å²) in [7, 11) is -3.18. The van der Waals surface area contributed by atoms with E-state index in [0.29, 0.717) is 23.5 Å². The molecule has 3 rings (SSSR count). The highest BCUT2D eigenvalue weighted by atomic mass is 35.5. The number of para-hydroxylation sites is 1. The lowest BCUT2D eigenvalue weighted by Gasteiger charge is -2.29. The fourth-order valence-corrected chi connectivity index (χ4v) is 4.32. The van der Waals surface area contributed by atoms with Gasteiger partial charge in [0.1, 0.15) is 5.82 Å². The molecule has 1 saturated carbocycles. The van der Waals surface area contributed by atoms with Crippen LogP contribution in [0.15, 0.2) is 36.5 Å². The van der Waals surface area contributed by atoms with Gasteiger partial charge in [0, 0.05) is 24.8 Å². The molecule has 0 bridgehead atoms. The van der Waals surface area contributed by atoms with Gasteiger partial charge in [-0.2, -0.15) is 5.10 Å². The molecule has 1 heterocycles. The van der Waals surface area contributed by atoms with Crippen molar-refractivity contribution in [3.05, 3.63) is 41.6 Å². The Morgan fingerprint density at radius 3 is 2.56 bits per heavy atom. The van der Waals surface area contributed by atoms with Crippen LogP contribution in [0.4, 0.5) is 5.82 Å². The van der Waals surface area contributed by atoms with Crippen molar-refractivity contribution in [3.63, 3.8) is 0 Å². The Bertz CT molecular complexity index is 858. The Morgan fingerprint density at radius 1 is 1.19 bits per heavy atom. The zero-order valence-corrected chi connectivity index (χ0v) is 17.3. The van der Waals surface area contributed by atoms with Crippen LogP contribution in [0.2, 0.25) is 5.02 Å². The number of anilines is 1. The fraction of sp³-hybridized carbons (Fsp3) is 0.526. The first kappa shape index (κ1) is 20.2. The highest BCUT2D eigenvalue weighted by Gasteiger charge is 2.24. The minimum Gasteiger partial charge on any atom is -0.366 e. The average Bonchev–Trinajstić information content (AvgIpc) is 3.09. The molecule has 8 heteroatoms. The van der Waals surface area contributed by atoms with Gasteiger partial charge in [-0.25, -0.2) is 17.8 Å². The van der Waals surface area contributed by atoms with Gasteiger partial charge in [-0.1, -0.05) is 23.7 Å². The smallest absolute Gasteiger partial charge is 0.213 e. The average molecular weight is 411 g/mol. The normalized spacial score (nSPS) is 20.7. The maximum absolute atomic E-state index is 11.9. The molecule has 27 heavy (non-hydrogen) atoms. The topological polar surface area (TPSA) is 76.0 Å². The number of hydrogen-bond donors (Lipinski definition) is 2. The summed E-state index contributed by atoms with van der Waals surface area (Å²) in [5.41, 5.74) is 0.855. The third-order valence-electron chi connectivity index (χ3n) is 5.08. The van der Waals surface area contributed by atoms with Gasteiger partial charge in [-0.3, -0.25) is 0 Å². The lowest BCUT2D eigenvalue weighted by molar-refractivity contribution is 0.336. The molecular weight excluding hydrogens is 384 g/mol. The SMILES string of the molecule is CC(C)S(=O)(=O)NCC1CCC(Nc2ccn(-c3ccccc3Cl)n2)CC1. The second-order valence-corrected chi connectivity index (χ2v) is 10.1. The molecule has 0 saturated heterocycles. The van der Waals surface area contributed by atoms with Crippen LogP contribution in [-0.4, -0.2) is 36.0 Å². The van der Waals surface area contributed by atoms with E-state index in [2.05, 4.69) is 15.1 Å². The summed E-state index contributed by atoms with van der Waals surface area (Å²) in [6, 6.07) is 9.92. The molecule has 6 nitrogen and oxygen atoms in total. The zero-order valence-electron chi connectivity index (χ0n) is 15.7. The predicted octanol–water partition coefficient (Wildman–Crippen LogP) is 3.82. The number of benzene rings is 1. The first-order chi connectivity index (χ1) is 12.8. The predicted molar refractivity (Wildman–Crippen MR) is 110 cm³/mol. The number of nitrogens with one attached hydrogen (secondary N) is 2. The summed E-state index contributed by atoms with van der Waals surface area (Å²) < 4.78 is 28.3. The van der Waals surface area contributed by atoms with Gasteiger partial charge in [-0.15, -0.1) is 0 Å². The number of aromatic nitrogens is 2. The molecule has 0 radical (unpaired) electrons. The monoisotopic (exact) mass is 410 g/mol. The van der Waals surface area contributed by atoms with Gasteiger partial charge in [0.2, 0.25) is 10.0 Å². The Morgan fingerprint density at radius 2 is 1.89 bits per heavy atom. The van der Waals surface area contributed by atoms with Crippen LogP contribution in [0.25, 0.3) is 5.69 Å². The maximum Gasteiger partial charge on any atom is 0.213 e. The third-order valence-corrected chi connectivity index (χ3v) is 7.21. The molecule has 1 aromatic carbocycles. The number of sulfonamides is 1. The van der Waals surface area contributed by atoms with E-state index in [0.717, 1.165) is 37.2 Å². The minimum absolute atomic E-state index is 0.359. The van der Waals surface area contributed by atoms with Crippen molar-refractivity contribution >= 4 is 27.4 Å². The van der Waals surface area contributed by atoms with Crippen LogP contribution >= 0.6 is 11.6 Å². The quantitative estimate of drug-likeness (QED) is 0.727. The van der Waals surface area contributed by atoms with Crippen LogP contribution in [0.5, 0.6) is 0 Å². The minimum atomic E-state index is -3.18. The maximum atomic E-state index is 11.9. The summed E-state index contributed by atoms with van der Waals surface area (Å²) >= 11 is 6.23. The van der Waals surface area contributed by atoms with Crippen molar-refractivity contribution in [1.29, 1.82) is 0 Å². The molecule has 1 aromatic heterocycles. The van der Waals surface area contributed by atoms with Gasteiger partial charge in [0.05, 0.1) is 16.0 Å². The summed E-state index contributed by atoms with van der Waals surface area (Å²) in [6.45, 7) is 3.93. The summed E-state index contributed by atoms with van der Waals surface area (Å²) in [5.74, 6) is 1.23. The molecule has 1 fully saturated rings. The second-order valence-electron chi connectivity index (χ2n) is 7.40. The number of rotatable bonds is 7. The lowest BCUT2D eigenvalue weighted by atomic mass is 9.86. The third kappa shape index (κ3) is 5.24. The Hall–Kier alpha value is -1.57. The molecule has 148 valence electrons. The van der Waals surface area contributed by atoms with E-state index < -0.39 is 10.0 Å². The van der Waals surface area contributed by atoms with E-state index in [1.807, 2.05) is 36.5 Å². The van der Waals surface area contributed by atoms with Gasteiger partial charge in [-0.05, 0) is 57.6 Å². The zero-order chi connectivity index (χ0) is 19.4. The second kappa shape index (κ2) is 8.63. The summed E-state index contributed by atoms with van der Waals surface area (Å²) in [6.07, 6.45) is 5.92. The Balaban J connectivity index is 1.49. The van der Waals surface area contributed by atoms with Crippen LogP contribution in [0.3, 0.4) is 0 Å². The Labute approximate surface area is 166 Å². The van der Waals surface area contributed by atoms with Crippen molar-refractivity contribution in [2.75, 3.05) is 11.9 Å². The van der Waals surface area contributed by atoms with Crippen molar-refractivity contribution in [3.8, 4) is 5.69 Å². The van der Waals surface area contributed by atoms with E-state index in [1.54, 1.807) is 18.5 Å². The van der Waals surface area contributed by atoms with Gasteiger partial charge in [0.25, 0.3) is 0 Å². The van der Waals surface area contributed by atoms with Crippen LogP contribution in [-0.2, 0) is 10.0 Å². The van der Waals surface area contributed by atoms with Gasteiger partial charge in [0.15, 0.2) is 0 Å². The fourth-order valence-electron chi connectivity index (χ4n) is 3.29. The number of hydrogen-bond acceptors (Lipinski definition) is 4. The molecule has 2 N–H and O–H groups in total. The van der Waals surface area contributed by atoms with Crippen molar-refractivity contribution < 1.29 is 8.42 Å². The number of nitrogens with zero attached hydrogens (tertiary/aromatic N) is 2. The molecule has 0 aliphatic heterocycles. The van der Waals surface area contributed by atoms with E-state index in [4.69, 9.17) is 11.6 Å². The first-order valence-corrected chi connectivity index (χ1v) is 11.3. The van der Waals surface area contributed by atoms with Crippen LogP contribution in [0, 0.1) is 5.92 Å². The van der Waals surface area contributed by atoms with E-state index in [-0.39, 0.29) is 5.25 Å². The summed E-state index contributed by atoms with van der Waals surface area (Å²) in [5, 5.41) is 8.34. The molecule has 2 aromatic rings. The molecule has 0 atom stereocenters. The summed E-state index contributed by atoms with van der Waals surface area (Å²) in [4.78, 5) is 0. The highest BCUT2D eigenvalue weighted by Crippen LogP contribution is 2.27. The number of halogens is 1. The van der Waals surface area contributed by atoms with Gasteiger partial charge < -0.3 is 5.32 Å². The van der Waals surface area contributed by atoms with Crippen LogP contribution < -0.4 is 10.0 Å². The molecule has 1 aliphatic rings. The van der Waals surface area contributed by atoms with E-state index in [9.17, 15) is 8.42 Å². The molecule has 0 spiro atoms. The molecule has 1 aliphatic carbocycles. The van der Waals surface area contributed by atoms with Gasteiger partial charge >= 0.3 is 0 Å². The van der Waals surface area contributed by atoms with Crippen LogP contribution in [0.1, 0.15) is 39.5 Å². The largest absolute Gasteiger partial charge is 0.366 e. The van der Waals surface area contributed by atoms with E-state index >= 15 is 0 Å². The Kier molecular flexibility index (Phi) is 6.44. The standard InChI is InChI=1S/C19H27ClN4O2S/c1-14(2)27(25,26)21-13-15-7-9-16(10-8-15)22-19-11-12-24(23-19)18-6-4-3-5-17(18)20/h3-6,11-12,14-16,21H,7-10,13H2,1-2H3,(H,22,23). The van der Waals surface area contributed by atoms with E-state index in [1.165, 1.54) is 0 Å². The van der Waals surface area contributed by atoms with Crippen molar-refractivity contribution in [2.24, 2.45) is 5.92 Å². The highest BCUT2D eigenvalue weighted by molar-refractivity contribution is 7.90.